The molecule has 0 saturated heterocycles. The average Bonchev–Trinajstić information content (AvgIpc) is 3.44. The van der Waals surface area contributed by atoms with Crippen LogP contribution in [-0.4, -0.2) is 27.9 Å². The third kappa shape index (κ3) is 4.35. The van der Waals surface area contributed by atoms with Crippen LogP contribution in [0.1, 0.15) is 22.8 Å². The van der Waals surface area contributed by atoms with Crippen LogP contribution in [0.3, 0.4) is 0 Å². The molecule has 0 fully saturated rings. The van der Waals surface area contributed by atoms with Gasteiger partial charge in [0.25, 0.3) is 11.5 Å². The first kappa shape index (κ1) is 20.4. The molecule has 2 heterocycles. The number of carbonyl (C=O) groups excluding carboxylic acids is 2. The van der Waals surface area contributed by atoms with Crippen LogP contribution in [0.5, 0.6) is 0 Å². The van der Waals surface area contributed by atoms with E-state index in [1.165, 1.54) is 22.9 Å². The summed E-state index contributed by atoms with van der Waals surface area (Å²) in [6.07, 6.45) is 3.36. The van der Waals surface area contributed by atoms with Crippen LogP contribution in [-0.2, 0) is 11.3 Å². The van der Waals surface area contributed by atoms with Crippen LogP contribution >= 0.6 is 0 Å². The lowest BCUT2D eigenvalue weighted by molar-refractivity contribution is -0.119. The standard InChI is InChI=1S/C22H18F2N4O3/c1-12-7-18(12)27-19(29)10-26-21(30)15-9-14-3-2-6-25-20(14)28(22(15)31)11-13-4-5-16(23)17(24)8-13/h2-9,12H,10-11H2,1H3,(H,26,30)(H,27,29). The molecular weight excluding hydrogens is 406 g/mol. The van der Waals surface area contributed by atoms with E-state index >= 15 is 0 Å². The molecular formula is C22H18F2N4O3. The highest BCUT2D eigenvalue weighted by Crippen LogP contribution is 2.23. The van der Waals surface area contributed by atoms with Gasteiger partial charge in [-0.1, -0.05) is 19.1 Å². The normalized spacial score (nSPS) is 14.8. The lowest BCUT2D eigenvalue weighted by atomic mass is 10.1. The summed E-state index contributed by atoms with van der Waals surface area (Å²) in [6.45, 7) is 1.51. The number of aromatic nitrogens is 2. The molecule has 1 aliphatic carbocycles. The summed E-state index contributed by atoms with van der Waals surface area (Å²) < 4.78 is 28.1. The SMILES string of the molecule is CC1C=C1NC(=O)CNC(=O)c1cc2cccnc2n(Cc2ccc(F)c(F)c2)c1=O. The summed E-state index contributed by atoms with van der Waals surface area (Å²) in [7, 11) is 0. The van der Waals surface area contributed by atoms with Crippen molar-refractivity contribution in [3.05, 3.63) is 87.5 Å². The molecule has 0 bridgehead atoms. The van der Waals surface area contributed by atoms with Crippen molar-refractivity contribution in [1.82, 2.24) is 20.2 Å². The van der Waals surface area contributed by atoms with Gasteiger partial charge in [0.2, 0.25) is 5.91 Å². The van der Waals surface area contributed by atoms with Crippen molar-refractivity contribution in [2.24, 2.45) is 5.92 Å². The van der Waals surface area contributed by atoms with Crippen LogP contribution < -0.4 is 16.2 Å². The second-order valence-corrected chi connectivity index (χ2v) is 7.26. The zero-order chi connectivity index (χ0) is 22.1. The largest absolute Gasteiger partial charge is 0.343 e. The summed E-state index contributed by atoms with van der Waals surface area (Å²) in [6, 6.07) is 8.02. The number of amides is 2. The van der Waals surface area contributed by atoms with Crippen molar-refractivity contribution in [1.29, 1.82) is 0 Å². The first-order chi connectivity index (χ1) is 14.8. The lowest BCUT2D eigenvalue weighted by Gasteiger charge is -2.12. The maximum atomic E-state index is 13.6. The second kappa shape index (κ2) is 8.10. The van der Waals surface area contributed by atoms with Gasteiger partial charge in [0.1, 0.15) is 11.2 Å². The van der Waals surface area contributed by atoms with Crippen molar-refractivity contribution in [2.45, 2.75) is 13.5 Å². The van der Waals surface area contributed by atoms with E-state index in [1.54, 1.807) is 12.1 Å². The van der Waals surface area contributed by atoms with Gasteiger partial charge in [-0.2, -0.15) is 0 Å². The number of hydrogen-bond acceptors (Lipinski definition) is 4. The molecule has 0 aliphatic heterocycles. The molecule has 2 N–H and O–H groups in total. The number of hydrogen-bond donors (Lipinski definition) is 2. The minimum atomic E-state index is -1.04. The fourth-order valence-corrected chi connectivity index (χ4v) is 3.17. The van der Waals surface area contributed by atoms with Crippen LogP contribution in [0, 0.1) is 17.6 Å². The molecule has 7 nitrogen and oxygen atoms in total. The van der Waals surface area contributed by atoms with Gasteiger partial charge in [-0.25, -0.2) is 13.8 Å². The van der Waals surface area contributed by atoms with Gasteiger partial charge < -0.3 is 10.6 Å². The van der Waals surface area contributed by atoms with Gasteiger partial charge in [0.15, 0.2) is 11.6 Å². The minimum absolute atomic E-state index is 0.114. The van der Waals surface area contributed by atoms with Crippen molar-refractivity contribution >= 4 is 22.8 Å². The fourth-order valence-electron chi connectivity index (χ4n) is 3.17. The Morgan fingerprint density at radius 3 is 2.65 bits per heavy atom. The third-order valence-corrected chi connectivity index (χ3v) is 4.92. The molecule has 1 aromatic carbocycles. The van der Waals surface area contributed by atoms with Gasteiger partial charge in [-0.05, 0) is 35.9 Å². The van der Waals surface area contributed by atoms with Crippen LogP contribution in [0.2, 0.25) is 0 Å². The molecule has 1 aliphatic rings. The predicted octanol–water partition coefficient (Wildman–Crippen LogP) is 2.10. The number of benzene rings is 1. The second-order valence-electron chi connectivity index (χ2n) is 7.26. The van der Waals surface area contributed by atoms with Gasteiger partial charge >= 0.3 is 0 Å². The number of pyridine rings is 2. The number of carbonyl (C=O) groups is 2. The van der Waals surface area contributed by atoms with Crippen LogP contribution in [0.4, 0.5) is 8.78 Å². The quantitative estimate of drug-likeness (QED) is 0.634. The van der Waals surface area contributed by atoms with Crippen LogP contribution in [0.25, 0.3) is 11.0 Å². The van der Waals surface area contributed by atoms with E-state index in [4.69, 9.17) is 0 Å². The van der Waals surface area contributed by atoms with Gasteiger partial charge in [0, 0.05) is 23.2 Å². The summed E-state index contributed by atoms with van der Waals surface area (Å²) in [4.78, 5) is 41.8. The Morgan fingerprint density at radius 1 is 1.16 bits per heavy atom. The number of allylic oxidation sites excluding steroid dienone is 2. The first-order valence-corrected chi connectivity index (χ1v) is 9.56. The highest BCUT2D eigenvalue weighted by Gasteiger charge is 2.22. The third-order valence-electron chi connectivity index (χ3n) is 4.92. The van der Waals surface area contributed by atoms with Crippen molar-refractivity contribution in [3.63, 3.8) is 0 Å². The Balaban J connectivity index is 1.63. The highest BCUT2D eigenvalue weighted by atomic mass is 19.2. The first-order valence-electron chi connectivity index (χ1n) is 9.56. The topological polar surface area (TPSA) is 93.1 Å². The summed E-state index contributed by atoms with van der Waals surface area (Å²) in [5.74, 6) is -2.93. The molecule has 158 valence electrons. The van der Waals surface area contributed by atoms with Crippen LogP contribution in [0.15, 0.2) is 59.2 Å². The summed E-state index contributed by atoms with van der Waals surface area (Å²) >= 11 is 0. The average molecular weight is 424 g/mol. The molecule has 1 atom stereocenters. The Morgan fingerprint density at radius 2 is 1.94 bits per heavy atom. The van der Waals surface area contributed by atoms with Gasteiger partial charge in [-0.15, -0.1) is 0 Å². The molecule has 0 saturated carbocycles. The number of nitrogens with one attached hydrogen (secondary N) is 2. The molecule has 0 spiro atoms. The number of fused-ring (bicyclic) bond motifs is 1. The van der Waals surface area contributed by atoms with Crippen molar-refractivity contribution < 1.29 is 18.4 Å². The zero-order valence-electron chi connectivity index (χ0n) is 16.5. The molecule has 2 aromatic heterocycles. The Hall–Kier alpha value is -3.88. The molecule has 0 radical (unpaired) electrons. The highest BCUT2D eigenvalue weighted by molar-refractivity contribution is 5.98. The number of nitrogens with zero attached hydrogens (tertiary/aromatic N) is 2. The Bertz CT molecular complexity index is 1300. The molecule has 31 heavy (non-hydrogen) atoms. The van der Waals surface area contributed by atoms with Crippen molar-refractivity contribution in [2.75, 3.05) is 6.54 Å². The van der Waals surface area contributed by atoms with E-state index < -0.39 is 29.0 Å². The Labute approximate surface area is 175 Å². The zero-order valence-corrected chi connectivity index (χ0v) is 16.5. The summed E-state index contributed by atoms with van der Waals surface area (Å²) in [5, 5.41) is 5.61. The number of halogens is 2. The van der Waals surface area contributed by atoms with Crippen molar-refractivity contribution in [3.8, 4) is 0 Å². The summed E-state index contributed by atoms with van der Waals surface area (Å²) in [5.41, 5.74) is 0.574. The van der Waals surface area contributed by atoms with Gasteiger partial charge in [-0.3, -0.25) is 19.0 Å². The maximum absolute atomic E-state index is 13.6. The minimum Gasteiger partial charge on any atom is -0.343 e. The molecule has 1 unspecified atom stereocenters. The van der Waals surface area contributed by atoms with E-state index in [9.17, 15) is 23.2 Å². The fraction of sp³-hybridized carbons (Fsp3) is 0.182. The van der Waals surface area contributed by atoms with E-state index in [-0.39, 0.29) is 24.6 Å². The Kier molecular flexibility index (Phi) is 5.33. The van der Waals surface area contributed by atoms with E-state index in [2.05, 4.69) is 15.6 Å². The van der Waals surface area contributed by atoms with Gasteiger partial charge in [0.05, 0.1) is 13.1 Å². The predicted molar refractivity (Wildman–Crippen MR) is 109 cm³/mol. The molecule has 3 aromatic rings. The maximum Gasteiger partial charge on any atom is 0.265 e. The number of rotatable bonds is 6. The lowest BCUT2D eigenvalue weighted by Crippen LogP contribution is -2.39. The monoisotopic (exact) mass is 424 g/mol. The van der Waals surface area contributed by atoms with E-state index in [1.807, 2.05) is 13.0 Å². The molecule has 2 amide bonds. The molecule has 4 rings (SSSR count). The molecule has 9 heteroatoms. The van der Waals surface area contributed by atoms with E-state index in [0.717, 1.165) is 17.8 Å². The van der Waals surface area contributed by atoms with E-state index in [0.29, 0.717) is 16.6 Å². The smallest absolute Gasteiger partial charge is 0.265 e.